The van der Waals surface area contributed by atoms with Gasteiger partial charge in [-0.05, 0) is 63.5 Å². The number of ether oxygens (including phenoxy) is 2. The summed E-state index contributed by atoms with van der Waals surface area (Å²) in [5.74, 6) is 0.901. The lowest BCUT2D eigenvalue weighted by molar-refractivity contribution is -0.117. The van der Waals surface area contributed by atoms with Gasteiger partial charge in [0.25, 0.3) is 0 Å². The van der Waals surface area contributed by atoms with Crippen molar-refractivity contribution in [2.24, 2.45) is 4.99 Å². The van der Waals surface area contributed by atoms with Crippen LogP contribution in [-0.2, 0) is 20.7 Å². The fraction of sp³-hybridized carbons (Fsp3) is 0.680. The summed E-state index contributed by atoms with van der Waals surface area (Å²) in [6.45, 7) is 7.17. The third kappa shape index (κ3) is 7.29. The van der Waals surface area contributed by atoms with Crippen molar-refractivity contribution in [2.75, 3.05) is 50.8 Å². The second kappa shape index (κ2) is 13.5. The maximum Gasteiger partial charge on any atom is 0.248 e. The molecule has 1 aromatic carbocycles. The molecule has 3 aliphatic heterocycles. The molecule has 3 aliphatic rings. The number of halogens is 1. The zero-order valence-corrected chi connectivity index (χ0v) is 22.2. The van der Waals surface area contributed by atoms with E-state index in [4.69, 9.17) is 14.5 Å². The van der Waals surface area contributed by atoms with E-state index >= 15 is 0 Å². The number of carbonyl (C=O) groups excluding carboxylic acids is 1. The number of aryl methyl sites for hydroxylation is 1. The Morgan fingerprint density at radius 1 is 1.15 bits per heavy atom. The van der Waals surface area contributed by atoms with Crippen LogP contribution < -0.4 is 10.2 Å². The van der Waals surface area contributed by atoms with Crippen LogP contribution in [0.5, 0.6) is 0 Å². The van der Waals surface area contributed by atoms with Crippen LogP contribution in [-0.4, -0.2) is 74.9 Å². The smallest absolute Gasteiger partial charge is 0.248 e. The molecule has 1 amide bonds. The molecule has 0 saturated carbocycles. The summed E-state index contributed by atoms with van der Waals surface area (Å²) < 4.78 is 11.9. The highest BCUT2D eigenvalue weighted by molar-refractivity contribution is 14.0. The molecule has 4 rings (SSSR count). The number of guanidine groups is 1. The minimum atomic E-state index is 0. The predicted octanol–water partition coefficient (Wildman–Crippen LogP) is 3.60. The van der Waals surface area contributed by atoms with Gasteiger partial charge in [0.2, 0.25) is 5.91 Å². The largest absolute Gasteiger partial charge is 0.376 e. The van der Waals surface area contributed by atoms with Gasteiger partial charge < -0.3 is 24.6 Å². The highest BCUT2D eigenvalue weighted by Crippen LogP contribution is 2.26. The second-order valence-electron chi connectivity index (χ2n) is 8.96. The van der Waals surface area contributed by atoms with E-state index in [2.05, 4.69) is 23.2 Å². The first-order valence-corrected chi connectivity index (χ1v) is 12.4. The van der Waals surface area contributed by atoms with Crippen molar-refractivity contribution in [3.8, 4) is 0 Å². The Kier molecular flexibility index (Phi) is 10.7. The first-order chi connectivity index (χ1) is 15.7. The van der Waals surface area contributed by atoms with Gasteiger partial charge in [-0.1, -0.05) is 18.2 Å². The van der Waals surface area contributed by atoms with Gasteiger partial charge in [-0.3, -0.25) is 4.79 Å². The zero-order valence-electron chi connectivity index (χ0n) is 19.8. The van der Waals surface area contributed by atoms with E-state index in [0.717, 1.165) is 76.5 Å². The van der Waals surface area contributed by atoms with E-state index in [1.165, 1.54) is 18.4 Å². The molecule has 184 valence electrons. The van der Waals surface area contributed by atoms with Crippen LogP contribution in [0.15, 0.2) is 29.3 Å². The Morgan fingerprint density at radius 3 is 2.73 bits per heavy atom. The number of fused-ring (bicyclic) bond motifs is 1. The summed E-state index contributed by atoms with van der Waals surface area (Å²) in [6, 6.07) is 8.22. The molecule has 1 unspecified atom stereocenters. The average molecular weight is 571 g/mol. The molecule has 2 saturated heterocycles. The van der Waals surface area contributed by atoms with Gasteiger partial charge in [0.15, 0.2) is 5.96 Å². The number of hydrogen-bond donors (Lipinski definition) is 1. The standard InChI is InChI=1S/C25H38N4O3.HI/c1-2-26-25(27-18-24(30)29-14-7-9-20-8-3-4-11-23(20)29)28-15-12-21(13-16-28)32-19-22-10-5-6-17-31-22;/h3-4,8,11,21-22H,2,5-7,9-10,12-19H2,1H3,(H,26,27);1H. The van der Waals surface area contributed by atoms with Gasteiger partial charge in [-0.15, -0.1) is 24.0 Å². The first-order valence-electron chi connectivity index (χ1n) is 12.4. The van der Waals surface area contributed by atoms with Crippen molar-refractivity contribution < 1.29 is 14.3 Å². The maximum absolute atomic E-state index is 13.0. The first kappa shape index (κ1) is 26.2. The van der Waals surface area contributed by atoms with Crippen molar-refractivity contribution in [2.45, 2.75) is 64.1 Å². The predicted molar refractivity (Wildman–Crippen MR) is 143 cm³/mol. The number of likely N-dealkylation sites (tertiary alicyclic amines) is 1. The van der Waals surface area contributed by atoms with E-state index in [-0.39, 0.29) is 48.6 Å². The SMILES string of the molecule is CCNC(=NCC(=O)N1CCCc2ccccc21)N1CCC(OCC2CCCCO2)CC1.I. The summed E-state index contributed by atoms with van der Waals surface area (Å²) >= 11 is 0. The number of benzene rings is 1. The van der Waals surface area contributed by atoms with Crippen LogP contribution in [0.1, 0.15) is 51.0 Å². The molecule has 1 N–H and O–H groups in total. The van der Waals surface area contributed by atoms with Gasteiger partial charge in [0.05, 0.1) is 18.8 Å². The van der Waals surface area contributed by atoms with Crippen LogP contribution in [0.3, 0.4) is 0 Å². The fourth-order valence-corrected chi connectivity index (χ4v) is 4.86. The monoisotopic (exact) mass is 570 g/mol. The molecule has 33 heavy (non-hydrogen) atoms. The molecule has 0 spiro atoms. The molecule has 0 radical (unpaired) electrons. The van der Waals surface area contributed by atoms with Gasteiger partial charge in [0.1, 0.15) is 6.54 Å². The molecule has 0 aliphatic carbocycles. The van der Waals surface area contributed by atoms with E-state index in [1.54, 1.807) is 0 Å². The molecule has 8 heteroatoms. The molecular formula is C25H39IN4O3. The van der Waals surface area contributed by atoms with Gasteiger partial charge in [-0.25, -0.2) is 4.99 Å². The van der Waals surface area contributed by atoms with Gasteiger partial charge >= 0.3 is 0 Å². The molecule has 0 aromatic heterocycles. The number of para-hydroxylation sites is 1. The van der Waals surface area contributed by atoms with Crippen molar-refractivity contribution in [3.05, 3.63) is 29.8 Å². The lowest BCUT2D eigenvalue weighted by atomic mass is 10.0. The second-order valence-corrected chi connectivity index (χ2v) is 8.96. The molecule has 1 atom stereocenters. The number of hydrogen-bond acceptors (Lipinski definition) is 4. The van der Waals surface area contributed by atoms with Crippen LogP contribution in [0.25, 0.3) is 0 Å². The van der Waals surface area contributed by atoms with E-state index in [1.807, 2.05) is 23.1 Å². The molecule has 2 fully saturated rings. The third-order valence-corrected chi connectivity index (χ3v) is 6.64. The van der Waals surface area contributed by atoms with Crippen molar-refractivity contribution in [3.63, 3.8) is 0 Å². The molecular weight excluding hydrogens is 531 g/mol. The Bertz CT molecular complexity index is 777. The van der Waals surface area contributed by atoms with Crippen molar-refractivity contribution >= 4 is 41.5 Å². The topological polar surface area (TPSA) is 66.4 Å². The maximum atomic E-state index is 13.0. The van der Waals surface area contributed by atoms with Crippen LogP contribution in [0, 0.1) is 0 Å². The number of anilines is 1. The van der Waals surface area contributed by atoms with E-state index in [0.29, 0.717) is 6.61 Å². The Morgan fingerprint density at radius 2 is 1.97 bits per heavy atom. The average Bonchev–Trinajstić information content (AvgIpc) is 2.86. The highest BCUT2D eigenvalue weighted by Gasteiger charge is 2.25. The number of rotatable bonds is 6. The Labute approximate surface area is 215 Å². The lowest BCUT2D eigenvalue weighted by Gasteiger charge is -2.35. The van der Waals surface area contributed by atoms with Crippen molar-refractivity contribution in [1.82, 2.24) is 10.2 Å². The highest BCUT2D eigenvalue weighted by atomic mass is 127. The molecule has 1 aromatic rings. The third-order valence-electron chi connectivity index (χ3n) is 6.64. The summed E-state index contributed by atoms with van der Waals surface area (Å²) in [5.41, 5.74) is 2.30. The lowest BCUT2D eigenvalue weighted by Crippen LogP contribution is -2.48. The van der Waals surface area contributed by atoms with Crippen LogP contribution in [0.2, 0.25) is 0 Å². The normalized spacial score (nSPS) is 21.8. The van der Waals surface area contributed by atoms with E-state index < -0.39 is 0 Å². The van der Waals surface area contributed by atoms with Crippen LogP contribution >= 0.6 is 24.0 Å². The van der Waals surface area contributed by atoms with Crippen LogP contribution in [0.4, 0.5) is 5.69 Å². The number of nitrogens with one attached hydrogen (secondary N) is 1. The van der Waals surface area contributed by atoms with Gasteiger partial charge in [-0.2, -0.15) is 0 Å². The summed E-state index contributed by atoms with van der Waals surface area (Å²) in [4.78, 5) is 21.9. The number of aliphatic imine (C=N–C) groups is 1. The summed E-state index contributed by atoms with van der Waals surface area (Å²) in [7, 11) is 0. The number of nitrogens with zero attached hydrogens (tertiary/aromatic N) is 3. The summed E-state index contributed by atoms with van der Waals surface area (Å²) in [5, 5.41) is 3.37. The zero-order chi connectivity index (χ0) is 22.2. The molecule has 3 heterocycles. The quantitative estimate of drug-likeness (QED) is 0.322. The van der Waals surface area contributed by atoms with Gasteiger partial charge in [0, 0.05) is 38.5 Å². The fourth-order valence-electron chi connectivity index (χ4n) is 4.86. The van der Waals surface area contributed by atoms with E-state index in [9.17, 15) is 4.79 Å². The Hall–Kier alpha value is -1.39. The van der Waals surface area contributed by atoms with Crippen molar-refractivity contribution in [1.29, 1.82) is 0 Å². The minimum absolute atomic E-state index is 0. The number of amides is 1. The molecule has 0 bridgehead atoms. The summed E-state index contributed by atoms with van der Waals surface area (Å²) in [6.07, 6.45) is 8.09. The number of piperidine rings is 1. The number of carbonyl (C=O) groups is 1. The molecule has 7 nitrogen and oxygen atoms in total. The minimum Gasteiger partial charge on any atom is -0.376 e. The Balaban J connectivity index is 0.00000306.